The van der Waals surface area contributed by atoms with Crippen LogP contribution in [0.1, 0.15) is 51.1 Å². The van der Waals surface area contributed by atoms with E-state index in [-0.39, 0.29) is 11.9 Å². The Bertz CT molecular complexity index is 951. The fraction of sp³-hybridized carbons (Fsp3) is 0.273. The van der Waals surface area contributed by atoms with Crippen molar-refractivity contribution >= 4 is 29.0 Å². The van der Waals surface area contributed by atoms with Gasteiger partial charge < -0.3 is 5.32 Å². The molecular weight excluding hydrogens is 372 g/mol. The minimum absolute atomic E-state index is 0.00858. The zero-order valence-electron chi connectivity index (χ0n) is 15.3. The molecule has 1 unspecified atom stereocenters. The molecule has 0 saturated carbocycles. The highest BCUT2D eigenvalue weighted by atomic mass is 32.2. The Morgan fingerprint density at radius 3 is 2.89 bits per heavy atom. The van der Waals surface area contributed by atoms with Crippen molar-refractivity contribution < 1.29 is 4.79 Å². The zero-order valence-corrected chi connectivity index (χ0v) is 16.9. The van der Waals surface area contributed by atoms with E-state index in [4.69, 9.17) is 0 Å². The lowest BCUT2D eigenvalue weighted by Crippen LogP contribution is -2.31. The summed E-state index contributed by atoms with van der Waals surface area (Å²) in [6.07, 6.45) is 3.21. The van der Waals surface area contributed by atoms with E-state index >= 15 is 0 Å². The van der Waals surface area contributed by atoms with Crippen molar-refractivity contribution in [3.8, 4) is 0 Å². The predicted octanol–water partition coefficient (Wildman–Crippen LogP) is 5.55. The molecule has 1 atom stereocenters. The van der Waals surface area contributed by atoms with Gasteiger partial charge in [0.1, 0.15) is 0 Å². The van der Waals surface area contributed by atoms with E-state index in [1.807, 2.05) is 31.2 Å². The number of carbonyl (C=O) groups is 1. The summed E-state index contributed by atoms with van der Waals surface area (Å²) in [6, 6.07) is 16.4. The minimum Gasteiger partial charge on any atom is -0.345 e. The number of carbonyl (C=O) groups excluding carboxylic acids is 1. The van der Waals surface area contributed by atoms with Gasteiger partial charge in [0.15, 0.2) is 0 Å². The molecule has 2 aromatic carbocycles. The fourth-order valence-corrected chi connectivity index (χ4v) is 5.21. The summed E-state index contributed by atoms with van der Waals surface area (Å²) < 4.78 is 0. The van der Waals surface area contributed by atoms with Crippen LogP contribution >= 0.6 is 23.1 Å². The Balaban J connectivity index is 1.49. The van der Waals surface area contributed by atoms with Crippen LogP contribution in [0, 0.1) is 6.92 Å². The first-order valence-electron chi connectivity index (χ1n) is 9.22. The third-order valence-electron chi connectivity index (χ3n) is 4.85. The van der Waals surface area contributed by atoms with E-state index in [0.717, 1.165) is 46.2 Å². The maximum absolute atomic E-state index is 13.0. The Morgan fingerprint density at radius 1 is 1.22 bits per heavy atom. The summed E-state index contributed by atoms with van der Waals surface area (Å²) >= 11 is 3.34. The number of hydrogen-bond acceptors (Lipinski definition) is 4. The summed E-state index contributed by atoms with van der Waals surface area (Å²) in [6.45, 7) is 2.02. The second kappa shape index (κ2) is 8.28. The number of hydrogen-bond donors (Lipinski definition) is 1. The first kappa shape index (κ1) is 18.3. The van der Waals surface area contributed by atoms with Gasteiger partial charge in [0.05, 0.1) is 22.3 Å². The summed E-state index contributed by atoms with van der Waals surface area (Å²) in [4.78, 5) is 18.5. The average Bonchev–Trinajstić information content (AvgIpc) is 3.12. The third-order valence-corrected chi connectivity index (χ3v) is 6.78. The van der Waals surface area contributed by atoms with Gasteiger partial charge in [0, 0.05) is 16.0 Å². The molecule has 4 rings (SSSR count). The molecule has 0 saturated heterocycles. The molecule has 1 aliphatic carbocycles. The van der Waals surface area contributed by atoms with Crippen molar-refractivity contribution in [1.29, 1.82) is 0 Å². The number of benzene rings is 2. The van der Waals surface area contributed by atoms with Crippen molar-refractivity contribution in [3.05, 3.63) is 81.3 Å². The van der Waals surface area contributed by atoms with Gasteiger partial charge in [-0.3, -0.25) is 4.79 Å². The van der Waals surface area contributed by atoms with Gasteiger partial charge in [-0.25, -0.2) is 4.98 Å². The van der Waals surface area contributed by atoms with Crippen molar-refractivity contribution in [3.63, 3.8) is 0 Å². The SMILES string of the molecule is Cc1nc(CSc2ccccc2C(=O)NC2CCCc3ccccc32)cs1. The molecule has 0 bridgehead atoms. The largest absolute Gasteiger partial charge is 0.345 e. The number of fused-ring (bicyclic) bond motifs is 1. The number of aryl methyl sites for hydroxylation is 2. The topological polar surface area (TPSA) is 42.0 Å². The first-order chi connectivity index (χ1) is 13.2. The molecule has 0 spiro atoms. The van der Waals surface area contributed by atoms with E-state index in [2.05, 4.69) is 39.9 Å². The van der Waals surface area contributed by atoms with Crippen LogP contribution < -0.4 is 5.32 Å². The highest BCUT2D eigenvalue weighted by Crippen LogP contribution is 2.31. The second-order valence-electron chi connectivity index (χ2n) is 6.76. The number of amides is 1. The Kier molecular flexibility index (Phi) is 5.60. The molecule has 138 valence electrons. The third kappa shape index (κ3) is 4.25. The summed E-state index contributed by atoms with van der Waals surface area (Å²) in [7, 11) is 0. The number of thiazole rings is 1. The van der Waals surface area contributed by atoms with E-state index in [9.17, 15) is 4.79 Å². The molecule has 1 aliphatic rings. The Labute approximate surface area is 168 Å². The summed E-state index contributed by atoms with van der Waals surface area (Å²) in [5, 5.41) is 6.43. The number of nitrogens with one attached hydrogen (secondary N) is 1. The van der Waals surface area contributed by atoms with Crippen molar-refractivity contribution in [2.45, 2.75) is 42.9 Å². The van der Waals surface area contributed by atoms with Gasteiger partial charge in [-0.05, 0) is 49.4 Å². The van der Waals surface area contributed by atoms with E-state index in [0.29, 0.717) is 0 Å². The van der Waals surface area contributed by atoms with Gasteiger partial charge in [0.25, 0.3) is 5.91 Å². The van der Waals surface area contributed by atoms with Crippen LogP contribution in [0.4, 0.5) is 0 Å². The molecule has 1 amide bonds. The van der Waals surface area contributed by atoms with Gasteiger partial charge >= 0.3 is 0 Å². The van der Waals surface area contributed by atoms with Crippen LogP contribution in [-0.4, -0.2) is 10.9 Å². The smallest absolute Gasteiger partial charge is 0.252 e. The second-order valence-corrected chi connectivity index (χ2v) is 8.84. The zero-order chi connectivity index (χ0) is 18.6. The standard InChI is InChI=1S/C22H22N2OS2/c1-15-23-17(13-26-15)14-27-21-12-5-4-10-19(21)22(25)24-20-11-6-8-16-7-2-3-9-18(16)20/h2-5,7,9-10,12-13,20H,6,8,11,14H2,1H3,(H,24,25). The highest BCUT2D eigenvalue weighted by molar-refractivity contribution is 7.98. The Morgan fingerprint density at radius 2 is 2.04 bits per heavy atom. The average molecular weight is 395 g/mol. The lowest BCUT2D eigenvalue weighted by molar-refractivity contribution is 0.0930. The predicted molar refractivity (Wildman–Crippen MR) is 112 cm³/mol. The molecule has 1 N–H and O–H groups in total. The lowest BCUT2D eigenvalue weighted by Gasteiger charge is -2.26. The van der Waals surface area contributed by atoms with Crippen molar-refractivity contribution in [1.82, 2.24) is 10.3 Å². The number of rotatable bonds is 5. The highest BCUT2D eigenvalue weighted by Gasteiger charge is 2.22. The van der Waals surface area contributed by atoms with Gasteiger partial charge in [0.2, 0.25) is 0 Å². The number of aromatic nitrogens is 1. The maximum atomic E-state index is 13.0. The summed E-state index contributed by atoms with van der Waals surface area (Å²) in [5.74, 6) is 0.787. The number of nitrogens with zero attached hydrogens (tertiary/aromatic N) is 1. The molecule has 1 aromatic heterocycles. The fourth-order valence-electron chi connectivity index (χ4n) is 3.55. The molecule has 3 aromatic rings. The molecule has 27 heavy (non-hydrogen) atoms. The first-order valence-corrected chi connectivity index (χ1v) is 11.1. The van der Waals surface area contributed by atoms with Gasteiger partial charge in [-0.15, -0.1) is 23.1 Å². The maximum Gasteiger partial charge on any atom is 0.252 e. The van der Waals surface area contributed by atoms with Gasteiger partial charge in [-0.2, -0.15) is 0 Å². The quantitative estimate of drug-likeness (QED) is 0.577. The molecule has 1 heterocycles. The molecular formula is C22H22N2OS2. The van der Waals surface area contributed by atoms with Crippen LogP contribution in [0.3, 0.4) is 0 Å². The minimum atomic E-state index is 0.00858. The van der Waals surface area contributed by atoms with Crippen LogP contribution in [0.15, 0.2) is 58.8 Å². The molecule has 5 heteroatoms. The van der Waals surface area contributed by atoms with Crippen molar-refractivity contribution in [2.24, 2.45) is 0 Å². The molecule has 0 aliphatic heterocycles. The number of thioether (sulfide) groups is 1. The van der Waals surface area contributed by atoms with Crippen LogP contribution in [-0.2, 0) is 12.2 Å². The van der Waals surface area contributed by atoms with Crippen LogP contribution in [0.5, 0.6) is 0 Å². The normalized spacial score (nSPS) is 16.0. The van der Waals surface area contributed by atoms with E-state index < -0.39 is 0 Å². The molecule has 0 fully saturated rings. The monoisotopic (exact) mass is 394 g/mol. The molecule has 0 radical (unpaired) electrons. The van der Waals surface area contributed by atoms with Crippen molar-refractivity contribution in [2.75, 3.05) is 0 Å². The van der Waals surface area contributed by atoms with Crippen LogP contribution in [0.2, 0.25) is 0 Å². The molecule has 3 nitrogen and oxygen atoms in total. The summed E-state index contributed by atoms with van der Waals surface area (Å²) in [5.41, 5.74) is 4.44. The van der Waals surface area contributed by atoms with Crippen LogP contribution in [0.25, 0.3) is 0 Å². The Hall–Kier alpha value is -2.11. The van der Waals surface area contributed by atoms with E-state index in [1.54, 1.807) is 23.1 Å². The van der Waals surface area contributed by atoms with Gasteiger partial charge in [-0.1, -0.05) is 36.4 Å². The van der Waals surface area contributed by atoms with E-state index in [1.165, 1.54) is 11.1 Å². The lowest BCUT2D eigenvalue weighted by atomic mass is 9.87.